The summed E-state index contributed by atoms with van der Waals surface area (Å²) in [5.41, 5.74) is 0. The molecule has 0 amide bonds. The van der Waals surface area contributed by atoms with Gasteiger partial charge in [0.2, 0.25) is 0 Å². The average molecular weight is 219 g/mol. The fourth-order valence-electron chi connectivity index (χ4n) is 2.18. The number of β-amino-alcohol motifs (C(OH)–C–C–N with tert-alkyl or cyclic N) is 2. The largest absolute Gasteiger partial charge is 0.389 e. The molecule has 0 bridgehead atoms. The molecule has 1 aliphatic carbocycles. The molecule has 3 unspecified atom stereocenters. The number of hydrogen-bond acceptors (Lipinski definition) is 3. The van der Waals surface area contributed by atoms with Crippen molar-refractivity contribution in [3.63, 3.8) is 0 Å². The molecule has 82 valence electrons. The number of aliphatic hydroxyl groups excluding tert-OH is 2. The third-order valence-corrected chi connectivity index (χ3v) is 4.92. The molecule has 0 radical (unpaired) electrons. The Labute approximate surface area is 86.5 Å². The standard InChI is InChI=1S/C9H17NO3S/c11-8-5-10(6-9(8)12)14(13)7-3-1-2-4-7/h7-9,11-12H,1-6H2. The number of hydrogen-bond donors (Lipinski definition) is 2. The molecule has 3 atom stereocenters. The van der Waals surface area contributed by atoms with Crippen molar-refractivity contribution in [2.75, 3.05) is 13.1 Å². The fourth-order valence-corrected chi connectivity index (χ4v) is 3.94. The van der Waals surface area contributed by atoms with E-state index in [4.69, 9.17) is 0 Å². The number of aliphatic hydroxyl groups is 2. The zero-order chi connectivity index (χ0) is 10.1. The van der Waals surface area contributed by atoms with Gasteiger partial charge in [0, 0.05) is 18.3 Å². The lowest BCUT2D eigenvalue weighted by Crippen LogP contribution is -2.31. The lowest BCUT2D eigenvalue weighted by Gasteiger charge is -2.18. The van der Waals surface area contributed by atoms with Gasteiger partial charge < -0.3 is 10.2 Å². The maximum Gasteiger partial charge on any atom is 0.0976 e. The molecule has 1 saturated carbocycles. The van der Waals surface area contributed by atoms with Crippen molar-refractivity contribution in [3.05, 3.63) is 0 Å². The highest BCUT2D eigenvalue weighted by Crippen LogP contribution is 2.26. The molecule has 1 heterocycles. The Hall–Kier alpha value is 0.0300. The summed E-state index contributed by atoms with van der Waals surface area (Å²) in [6.07, 6.45) is 2.93. The number of rotatable bonds is 2. The van der Waals surface area contributed by atoms with Crippen LogP contribution in [0, 0.1) is 0 Å². The zero-order valence-corrected chi connectivity index (χ0v) is 8.95. The van der Waals surface area contributed by atoms with E-state index >= 15 is 0 Å². The summed E-state index contributed by atoms with van der Waals surface area (Å²) in [5, 5.41) is 18.9. The minimum Gasteiger partial charge on any atom is -0.389 e. The highest BCUT2D eigenvalue weighted by atomic mass is 32.2. The van der Waals surface area contributed by atoms with E-state index in [1.807, 2.05) is 0 Å². The highest BCUT2D eigenvalue weighted by Gasteiger charge is 2.36. The fraction of sp³-hybridized carbons (Fsp3) is 1.00. The Bertz CT molecular complexity index is 220. The van der Waals surface area contributed by atoms with Gasteiger partial charge in [0.25, 0.3) is 0 Å². The second-order valence-corrected chi connectivity index (χ2v) is 5.90. The van der Waals surface area contributed by atoms with Crippen molar-refractivity contribution in [2.45, 2.75) is 43.1 Å². The maximum atomic E-state index is 12.0. The van der Waals surface area contributed by atoms with Crippen LogP contribution >= 0.6 is 0 Å². The maximum absolute atomic E-state index is 12.0. The van der Waals surface area contributed by atoms with Crippen molar-refractivity contribution in [1.82, 2.24) is 4.31 Å². The van der Waals surface area contributed by atoms with Crippen LogP contribution in [0.1, 0.15) is 25.7 Å². The van der Waals surface area contributed by atoms with E-state index in [-0.39, 0.29) is 5.25 Å². The van der Waals surface area contributed by atoms with Gasteiger partial charge in [-0.25, -0.2) is 8.51 Å². The van der Waals surface area contributed by atoms with E-state index in [1.165, 1.54) is 0 Å². The van der Waals surface area contributed by atoms with Crippen LogP contribution < -0.4 is 0 Å². The van der Waals surface area contributed by atoms with E-state index in [1.54, 1.807) is 4.31 Å². The summed E-state index contributed by atoms with van der Waals surface area (Å²) in [5.74, 6) is 0. The van der Waals surface area contributed by atoms with Crippen LogP contribution in [0.2, 0.25) is 0 Å². The molecule has 2 aliphatic rings. The number of nitrogens with zero attached hydrogens (tertiary/aromatic N) is 1. The van der Waals surface area contributed by atoms with E-state index in [2.05, 4.69) is 0 Å². The molecule has 4 nitrogen and oxygen atoms in total. The van der Waals surface area contributed by atoms with Crippen LogP contribution in [0.4, 0.5) is 0 Å². The SMILES string of the molecule is O=S(C1CCCC1)N1CC(O)C(O)C1. The van der Waals surface area contributed by atoms with Gasteiger partial charge in [-0.3, -0.25) is 0 Å². The predicted molar refractivity (Wildman–Crippen MR) is 54.0 cm³/mol. The monoisotopic (exact) mass is 219 g/mol. The van der Waals surface area contributed by atoms with Crippen LogP contribution in [-0.4, -0.2) is 49.3 Å². The van der Waals surface area contributed by atoms with Crippen molar-refractivity contribution in [1.29, 1.82) is 0 Å². The molecule has 1 aliphatic heterocycles. The Morgan fingerprint density at radius 1 is 1.07 bits per heavy atom. The van der Waals surface area contributed by atoms with Crippen molar-refractivity contribution in [2.24, 2.45) is 0 Å². The van der Waals surface area contributed by atoms with Gasteiger partial charge >= 0.3 is 0 Å². The molecule has 0 aromatic rings. The second-order valence-electron chi connectivity index (χ2n) is 4.16. The van der Waals surface area contributed by atoms with Gasteiger partial charge in [0.15, 0.2) is 0 Å². The van der Waals surface area contributed by atoms with Crippen LogP contribution in [0.5, 0.6) is 0 Å². The van der Waals surface area contributed by atoms with E-state index in [0.29, 0.717) is 13.1 Å². The molecule has 2 rings (SSSR count). The first kappa shape index (κ1) is 10.5. The predicted octanol–water partition coefficient (Wildman–Crippen LogP) is -0.370. The molecule has 2 fully saturated rings. The lowest BCUT2D eigenvalue weighted by molar-refractivity contribution is 0.0572. The van der Waals surface area contributed by atoms with Crippen LogP contribution in [0.25, 0.3) is 0 Å². The third-order valence-electron chi connectivity index (χ3n) is 3.07. The van der Waals surface area contributed by atoms with Crippen molar-refractivity contribution < 1.29 is 14.4 Å². The van der Waals surface area contributed by atoms with Crippen molar-refractivity contribution >= 4 is 11.0 Å². The van der Waals surface area contributed by atoms with Crippen molar-refractivity contribution in [3.8, 4) is 0 Å². The summed E-state index contributed by atoms with van der Waals surface area (Å²) in [6.45, 7) is 0.703. The summed E-state index contributed by atoms with van der Waals surface area (Å²) in [7, 11) is -0.999. The zero-order valence-electron chi connectivity index (χ0n) is 8.13. The Morgan fingerprint density at radius 2 is 1.57 bits per heavy atom. The molecule has 5 heteroatoms. The molecular formula is C9H17NO3S. The smallest absolute Gasteiger partial charge is 0.0976 e. The van der Waals surface area contributed by atoms with E-state index in [9.17, 15) is 14.4 Å². The van der Waals surface area contributed by atoms with Gasteiger partial charge in [0.05, 0.1) is 23.2 Å². The second kappa shape index (κ2) is 4.26. The lowest BCUT2D eigenvalue weighted by atomic mass is 10.3. The summed E-state index contributed by atoms with van der Waals surface area (Å²) in [6, 6.07) is 0. The molecule has 2 N–H and O–H groups in total. The molecule has 1 saturated heterocycles. The Morgan fingerprint density at radius 3 is 2.07 bits per heavy atom. The van der Waals surface area contributed by atoms with Gasteiger partial charge in [0.1, 0.15) is 0 Å². The van der Waals surface area contributed by atoms with Gasteiger partial charge in [-0.05, 0) is 12.8 Å². The minimum absolute atomic E-state index is 0.257. The van der Waals surface area contributed by atoms with E-state index in [0.717, 1.165) is 25.7 Å². The summed E-state index contributed by atoms with van der Waals surface area (Å²) < 4.78 is 13.7. The highest BCUT2D eigenvalue weighted by molar-refractivity contribution is 7.83. The van der Waals surface area contributed by atoms with Crippen LogP contribution in [-0.2, 0) is 11.0 Å². The minimum atomic E-state index is -0.999. The average Bonchev–Trinajstić information content (AvgIpc) is 2.76. The third kappa shape index (κ3) is 2.00. The van der Waals surface area contributed by atoms with Gasteiger partial charge in [-0.1, -0.05) is 12.8 Å². The van der Waals surface area contributed by atoms with Crippen LogP contribution in [0.3, 0.4) is 0 Å². The first-order chi connectivity index (χ1) is 6.68. The quantitative estimate of drug-likeness (QED) is 0.666. The summed E-state index contributed by atoms with van der Waals surface area (Å²) >= 11 is 0. The molecule has 0 aromatic heterocycles. The first-order valence-corrected chi connectivity index (χ1v) is 6.37. The summed E-state index contributed by atoms with van der Waals surface area (Å²) in [4.78, 5) is 0. The molecule has 0 aromatic carbocycles. The van der Waals surface area contributed by atoms with Gasteiger partial charge in [-0.15, -0.1) is 0 Å². The van der Waals surface area contributed by atoms with Crippen LogP contribution in [0.15, 0.2) is 0 Å². The van der Waals surface area contributed by atoms with E-state index < -0.39 is 23.2 Å². The normalized spacial score (nSPS) is 37.9. The molecule has 0 spiro atoms. The first-order valence-electron chi connectivity index (χ1n) is 5.20. The Kier molecular flexibility index (Phi) is 3.21. The topological polar surface area (TPSA) is 60.8 Å². The molecular weight excluding hydrogens is 202 g/mol. The molecule has 14 heavy (non-hydrogen) atoms. The Balaban J connectivity index is 1.92. The van der Waals surface area contributed by atoms with Gasteiger partial charge in [-0.2, -0.15) is 0 Å².